The van der Waals surface area contributed by atoms with E-state index in [0.29, 0.717) is 17.2 Å². The molecule has 32 heavy (non-hydrogen) atoms. The van der Waals surface area contributed by atoms with Gasteiger partial charge in [-0.3, -0.25) is 4.79 Å². The Kier molecular flexibility index (Phi) is 5.95. The highest BCUT2D eigenvalue weighted by Crippen LogP contribution is 2.37. The summed E-state index contributed by atoms with van der Waals surface area (Å²) in [5, 5.41) is 6.87. The molecule has 3 aromatic rings. The van der Waals surface area contributed by atoms with Crippen LogP contribution in [0.5, 0.6) is 0 Å². The van der Waals surface area contributed by atoms with Gasteiger partial charge in [-0.05, 0) is 87.0 Å². The Morgan fingerprint density at radius 2 is 1.91 bits per heavy atom. The number of hydrogen-bond acceptors (Lipinski definition) is 3. The third-order valence-electron chi connectivity index (χ3n) is 7.11. The summed E-state index contributed by atoms with van der Waals surface area (Å²) in [6, 6.07) is 13.3. The van der Waals surface area contributed by atoms with Gasteiger partial charge in [-0.1, -0.05) is 18.6 Å². The number of aldehydes is 1. The first-order chi connectivity index (χ1) is 15.7. The van der Waals surface area contributed by atoms with Gasteiger partial charge in [0.2, 0.25) is 0 Å². The third kappa shape index (κ3) is 4.28. The molecule has 1 aromatic heterocycles. The van der Waals surface area contributed by atoms with E-state index >= 15 is 0 Å². The number of aromatic amines is 1. The second-order valence-electron chi connectivity index (χ2n) is 9.04. The number of benzene rings is 2. The van der Waals surface area contributed by atoms with Crippen LogP contribution in [0.25, 0.3) is 10.9 Å². The number of urea groups is 1. The van der Waals surface area contributed by atoms with Crippen molar-refractivity contribution in [2.75, 3.05) is 23.7 Å². The highest BCUT2D eigenvalue weighted by atomic mass is 16.2. The molecule has 2 aliphatic heterocycles. The Morgan fingerprint density at radius 3 is 2.81 bits per heavy atom. The highest BCUT2D eigenvalue weighted by molar-refractivity contribution is 6.03. The van der Waals surface area contributed by atoms with Gasteiger partial charge < -0.3 is 20.5 Å². The van der Waals surface area contributed by atoms with Gasteiger partial charge in [0.05, 0.1) is 5.69 Å². The molecule has 3 N–H and O–H groups in total. The topological polar surface area (TPSA) is 77.2 Å². The number of fused-ring (bicyclic) bond motifs is 2. The summed E-state index contributed by atoms with van der Waals surface area (Å²) < 4.78 is 0. The number of rotatable bonds is 4. The summed E-state index contributed by atoms with van der Waals surface area (Å²) in [5.41, 5.74) is 4.15. The maximum atomic E-state index is 12.5. The summed E-state index contributed by atoms with van der Waals surface area (Å²) in [4.78, 5) is 29.9. The fourth-order valence-electron chi connectivity index (χ4n) is 5.41. The lowest BCUT2D eigenvalue weighted by molar-refractivity contribution is 0.112. The molecule has 0 aliphatic carbocycles. The minimum absolute atomic E-state index is 0.359. The van der Waals surface area contributed by atoms with E-state index in [0.717, 1.165) is 23.5 Å². The summed E-state index contributed by atoms with van der Waals surface area (Å²) >= 11 is 0. The van der Waals surface area contributed by atoms with Crippen LogP contribution in [-0.2, 0) is 0 Å². The zero-order valence-corrected chi connectivity index (χ0v) is 18.3. The van der Waals surface area contributed by atoms with Gasteiger partial charge >= 0.3 is 6.03 Å². The normalized spacial score (nSPS) is 21.5. The van der Waals surface area contributed by atoms with E-state index in [1.807, 2.05) is 12.1 Å². The van der Waals surface area contributed by atoms with Gasteiger partial charge in [0.25, 0.3) is 0 Å². The van der Waals surface area contributed by atoms with E-state index in [9.17, 15) is 9.59 Å². The highest BCUT2D eigenvalue weighted by Gasteiger charge is 2.28. The summed E-state index contributed by atoms with van der Waals surface area (Å²) in [6.07, 6.45) is 10.6. The predicted octanol–water partition coefficient (Wildman–Crippen LogP) is 5.75. The van der Waals surface area contributed by atoms with Crippen LogP contribution in [0, 0.1) is 0 Å². The molecular weight excluding hydrogens is 400 g/mol. The number of anilines is 2. The lowest BCUT2D eigenvalue weighted by atomic mass is 9.90. The minimum Gasteiger partial charge on any atom is -0.361 e. The van der Waals surface area contributed by atoms with E-state index in [-0.39, 0.29) is 6.03 Å². The van der Waals surface area contributed by atoms with Crippen molar-refractivity contribution in [3.8, 4) is 0 Å². The average Bonchev–Trinajstić information content (AvgIpc) is 3.11. The molecule has 2 saturated heterocycles. The Hall–Kier alpha value is -3.12. The SMILES string of the molecule is O=Cc1ccccc1NC(=O)Nc1ccc2[nH]cc(C3CCC4CCCCN4CC3)c2c1. The molecule has 0 spiro atoms. The first-order valence-electron chi connectivity index (χ1n) is 11.7. The number of hydrogen-bond donors (Lipinski definition) is 3. The number of carbonyl (C=O) groups excluding carboxylic acids is 2. The first kappa shape index (κ1) is 20.8. The van der Waals surface area contributed by atoms with Gasteiger partial charge in [-0.25, -0.2) is 4.79 Å². The molecule has 5 rings (SSSR count). The van der Waals surface area contributed by atoms with Crippen molar-refractivity contribution in [3.63, 3.8) is 0 Å². The molecular formula is C26H30N4O2. The van der Waals surface area contributed by atoms with Gasteiger partial charge in [0, 0.05) is 34.4 Å². The zero-order valence-electron chi connectivity index (χ0n) is 18.3. The molecule has 0 bridgehead atoms. The second-order valence-corrected chi connectivity index (χ2v) is 9.04. The van der Waals surface area contributed by atoms with Crippen LogP contribution in [-0.4, -0.2) is 41.3 Å². The maximum Gasteiger partial charge on any atom is 0.323 e. The zero-order chi connectivity index (χ0) is 21.9. The number of piperidine rings is 1. The van der Waals surface area contributed by atoms with Crippen LogP contribution in [0.3, 0.4) is 0 Å². The number of para-hydroxylation sites is 1. The van der Waals surface area contributed by atoms with Gasteiger partial charge in [-0.2, -0.15) is 0 Å². The summed E-state index contributed by atoms with van der Waals surface area (Å²) in [7, 11) is 0. The molecule has 2 fully saturated rings. The number of amides is 2. The number of nitrogens with zero attached hydrogens (tertiary/aromatic N) is 1. The molecule has 6 heteroatoms. The standard InChI is InChI=1S/C26H30N4O2/c31-17-19-5-1-2-7-24(19)29-26(32)28-20-9-11-25-22(15-20)23(16-27-25)18-8-10-21-6-3-4-13-30(21)14-12-18/h1-2,5,7,9,11,15-18,21,27H,3-4,6,8,10,12-14H2,(H2,28,29,32). The van der Waals surface area contributed by atoms with Crippen LogP contribution in [0.1, 0.15) is 60.4 Å². The molecule has 2 atom stereocenters. The van der Waals surface area contributed by atoms with Crippen molar-refractivity contribution >= 4 is 34.6 Å². The van der Waals surface area contributed by atoms with Crippen molar-refractivity contribution in [1.29, 1.82) is 0 Å². The Balaban J connectivity index is 1.32. The van der Waals surface area contributed by atoms with E-state index in [4.69, 9.17) is 0 Å². The molecule has 3 heterocycles. The van der Waals surface area contributed by atoms with Gasteiger partial charge in [0.1, 0.15) is 0 Å². The molecule has 0 radical (unpaired) electrons. The van der Waals surface area contributed by atoms with Gasteiger partial charge in [0.15, 0.2) is 6.29 Å². The summed E-state index contributed by atoms with van der Waals surface area (Å²) in [5.74, 6) is 0.540. The number of H-pyrrole nitrogens is 1. The Morgan fingerprint density at radius 1 is 1.00 bits per heavy atom. The first-order valence-corrected chi connectivity index (χ1v) is 11.7. The third-order valence-corrected chi connectivity index (χ3v) is 7.11. The molecule has 166 valence electrons. The quantitative estimate of drug-likeness (QED) is 0.462. The van der Waals surface area contributed by atoms with Crippen LogP contribution in [0.2, 0.25) is 0 Å². The second kappa shape index (κ2) is 9.17. The van der Waals surface area contributed by atoms with E-state index in [2.05, 4.69) is 32.8 Å². The molecule has 2 aliphatic rings. The number of carbonyl (C=O) groups is 2. The van der Waals surface area contributed by atoms with Crippen molar-refractivity contribution in [2.45, 2.75) is 50.5 Å². The van der Waals surface area contributed by atoms with Crippen molar-refractivity contribution in [2.24, 2.45) is 0 Å². The molecule has 2 aromatic carbocycles. The fourth-order valence-corrected chi connectivity index (χ4v) is 5.41. The van der Waals surface area contributed by atoms with Crippen LogP contribution in [0.15, 0.2) is 48.7 Å². The van der Waals surface area contributed by atoms with Crippen LogP contribution >= 0.6 is 0 Å². The molecule has 2 amide bonds. The molecule has 2 unspecified atom stereocenters. The van der Waals surface area contributed by atoms with Crippen LogP contribution < -0.4 is 10.6 Å². The predicted molar refractivity (Wildman–Crippen MR) is 129 cm³/mol. The molecule has 0 saturated carbocycles. The fraction of sp³-hybridized carbons (Fsp3) is 0.385. The van der Waals surface area contributed by atoms with Gasteiger partial charge in [-0.15, -0.1) is 0 Å². The van der Waals surface area contributed by atoms with Crippen molar-refractivity contribution in [3.05, 3.63) is 59.8 Å². The Bertz CT molecular complexity index is 1110. The smallest absolute Gasteiger partial charge is 0.323 e. The maximum absolute atomic E-state index is 12.5. The number of aromatic nitrogens is 1. The monoisotopic (exact) mass is 430 g/mol. The summed E-state index contributed by atoms with van der Waals surface area (Å²) in [6.45, 7) is 2.43. The number of nitrogens with one attached hydrogen (secondary N) is 3. The Labute approximate surface area is 188 Å². The van der Waals surface area contributed by atoms with E-state index < -0.39 is 0 Å². The van der Waals surface area contributed by atoms with E-state index in [1.165, 1.54) is 62.6 Å². The average molecular weight is 431 g/mol. The lowest BCUT2D eigenvalue weighted by Gasteiger charge is -2.33. The van der Waals surface area contributed by atoms with E-state index in [1.54, 1.807) is 24.3 Å². The molecule has 6 nitrogen and oxygen atoms in total. The largest absolute Gasteiger partial charge is 0.361 e. The van der Waals surface area contributed by atoms with Crippen molar-refractivity contribution in [1.82, 2.24) is 9.88 Å². The minimum atomic E-state index is -0.359. The lowest BCUT2D eigenvalue weighted by Crippen LogP contribution is -2.38. The van der Waals surface area contributed by atoms with Crippen molar-refractivity contribution < 1.29 is 9.59 Å². The van der Waals surface area contributed by atoms with Crippen LogP contribution in [0.4, 0.5) is 16.2 Å².